The van der Waals surface area contributed by atoms with Crippen LogP contribution < -0.4 is 5.32 Å². The molecule has 3 heterocycles. The van der Waals surface area contributed by atoms with E-state index in [2.05, 4.69) is 11.9 Å². The van der Waals surface area contributed by atoms with Crippen molar-refractivity contribution < 1.29 is 138 Å². The van der Waals surface area contributed by atoms with Gasteiger partial charge in [0.25, 0.3) is 5.79 Å². The number of unbranched alkanes of at least 4 members (excludes halogenated alkanes) is 1. The van der Waals surface area contributed by atoms with Crippen LogP contribution in [-0.2, 0) is 138 Å². The highest BCUT2D eigenvalue weighted by molar-refractivity contribution is 5.79. The summed E-state index contributed by atoms with van der Waals surface area (Å²) in [5.41, 5.74) is 0. The molecule has 0 bridgehead atoms. The highest BCUT2D eigenvalue weighted by atomic mass is 16.8. The molecule has 79 heavy (non-hydrogen) atoms. The first-order chi connectivity index (χ1) is 37.0. The van der Waals surface area contributed by atoms with Crippen LogP contribution in [0.15, 0.2) is 12.7 Å². The highest BCUT2D eigenvalue weighted by Crippen LogP contribution is 2.42. The van der Waals surface area contributed by atoms with Crippen LogP contribution in [0.4, 0.5) is 0 Å². The van der Waals surface area contributed by atoms with Gasteiger partial charge in [-0.05, 0) is 12.8 Å². The third kappa shape index (κ3) is 20.4. The molecule has 0 radical (unpaired) electrons. The Morgan fingerprint density at radius 3 is 1.56 bits per heavy atom. The van der Waals surface area contributed by atoms with Crippen LogP contribution in [0.1, 0.15) is 95.4 Å². The summed E-state index contributed by atoms with van der Waals surface area (Å²) in [4.78, 5) is 156. The number of methoxy groups -OCH3 is 1. The molecule has 0 aromatic heterocycles. The zero-order valence-electron chi connectivity index (χ0n) is 45.7. The molecule has 1 amide bonds. The van der Waals surface area contributed by atoms with Gasteiger partial charge in [-0.1, -0.05) is 6.08 Å². The normalized spacial score (nSPS) is 29.0. The molecule has 0 aromatic rings. The Morgan fingerprint density at radius 1 is 0.582 bits per heavy atom. The Kier molecular flexibility index (Phi) is 26.1. The number of carbonyl (C=O) groups excluding carboxylic acids is 12. The van der Waals surface area contributed by atoms with E-state index in [9.17, 15) is 57.5 Å². The number of allylic oxidation sites excluding steroid dienone is 1. The maximum Gasteiger partial charge on any atom is 0.366 e. The Balaban J connectivity index is 2.52. The average Bonchev–Trinajstić information content (AvgIpc) is 3.37. The second-order valence-corrected chi connectivity index (χ2v) is 17.9. The first kappa shape index (κ1) is 66.4. The minimum Gasteiger partial charge on any atom is -0.465 e. The van der Waals surface area contributed by atoms with E-state index >= 15 is 0 Å². The largest absolute Gasteiger partial charge is 0.465 e. The Hall–Kier alpha value is -6.86. The second-order valence-electron chi connectivity index (χ2n) is 17.9. The summed E-state index contributed by atoms with van der Waals surface area (Å²) >= 11 is 0. The van der Waals surface area contributed by atoms with Gasteiger partial charge in [0.15, 0.2) is 49.2 Å². The molecule has 30 heteroatoms. The van der Waals surface area contributed by atoms with Gasteiger partial charge in [-0.3, -0.25) is 52.7 Å². The van der Waals surface area contributed by atoms with Gasteiger partial charge in [-0.25, -0.2) is 4.79 Å². The molecule has 3 fully saturated rings. The molecule has 0 spiro atoms. The molecular formula is C49H69NO29. The third-order valence-electron chi connectivity index (χ3n) is 11.2. The summed E-state index contributed by atoms with van der Waals surface area (Å²) in [5, 5.41) is 2.50. The van der Waals surface area contributed by atoms with E-state index in [0.717, 1.165) is 83.3 Å². The number of esters is 11. The van der Waals surface area contributed by atoms with E-state index in [1.807, 2.05) is 0 Å². The van der Waals surface area contributed by atoms with Crippen LogP contribution in [0.5, 0.6) is 0 Å². The van der Waals surface area contributed by atoms with Gasteiger partial charge in [0.2, 0.25) is 5.91 Å². The van der Waals surface area contributed by atoms with Crippen LogP contribution in [0.3, 0.4) is 0 Å². The maximum absolute atomic E-state index is 14.7. The van der Waals surface area contributed by atoms with Crippen LogP contribution in [0, 0.1) is 0 Å². The lowest BCUT2D eigenvalue weighted by molar-refractivity contribution is -0.387. The van der Waals surface area contributed by atoms with Gasteiger partial charge in [0.05, 0.1) is 26.2 Å². The smallest absolute Gasteiger partial charge is 0.366 e. The summed E-state index contributed by atoms with van der Waals surface area (Å²) in [5.74, 6) is -15.7. The van der Waals surface area contributed by atoms with Crippen molar-refractivity contribution in [1.82, 2.24) is 5.32 Å². The van der Waals surface area contributed by atoms with Gasteiger partial charge in [0, 0.05) is 76.2 Å². The van der Waals surface area contributed by atoms with E-state index in [1.54, 1.807) is 6.08 Å². The van der Waals surface area contributed by atoms with Crippen LogP contribution in [0.2, 0.25) is 0 Å². The minimum absolute atomic E-state index is 0.0470. The summed E-state index contributed by atoms with van der Waals surface area (Å²) in [6, 6.07) is -1.71. The van der Waals surface area contributed by atoms with Gasteiger partial charge in [0.1, 0.15) is 56.4 Å². The molecule has 16 atom stereocenters. The number of ether oxygens (including phenoxy) is 17. The number of amides is 1. The maximum atomic E-state index is 14.7. The van der Waals surface area contributed by atoms with Crippen molar-refractivity contribution in [3.63, 3.8) is 0 Å². The van der Waals surface area contributed by atoms with E-state index in [-0.39, 0.29) is 6.61 Å². The molecule has 0 aromatic carbocycles. The molecular weight excluding hydrogens is 1070 g/mol. The van der Waals surface area contributed by atoms with Crippen molar-refractivity contribution in [2.75, 3.05) is 33.5 Å². The Morgan fingerprint density at radius 2 is 1.08 bits per heavy atom. The van der Waals surface area contributed by atoms with E-state index < -0.39 is 195 Å². The average molecular weight is 1140 g/mol. The summed E-state index contributed by atoms with van der Waals surface area (Å²) < 4.78 is 98.9. The number of carbonyl (C=O) groups is 12. The van der Waals surface area contributed by atoms with Crippen molar-refractivity contribution in [1.29, 1.82) is 0 Å². The Labute approximate surface area is 453 Å². The quantitative estimate of drug-likeness (QED) is 0.0497. The predicted octanol–water partition coefficient (Wildman–Crippen LogP) is -0.436. The zero-order chi connectivity index (χ0) is 59.5. The lowest BCUT2D eigenvalue weighted by Gasteiger charge is -2.52. The molecule has 30 nitrogen and oxygen atoms in total. The lowest BCUT2D eigenvalue weighted by Crippen LogP contribution is -2.72. The van der Waals surface area contributed by atoms with E-state index in [0.29, 0.717) is 12.8 Å². The molecule has 1 N–H and O–H groups in total. The standard InChI is InChI=1S/C49H69NO29/c1-14-15-16-17-64-46-44(73-31(11)60)42(72-30(10)59)39(35(75-46)20-66-24(4)53)77-47-45(74-32(12)61)43(40(71-29(9)58)36(76-47)21-67-25(5)54)79-49(48(62)63-13)18-33(68-26(6)55)37(50-22(2)51)41(78-49)38(70-28(8)57)34(69-27(7)56)19-65-23(3)52/h14,33-47H,1,15-21H2,2-13H3,(H,50,51)/t33-,34+,35+,36+,37+,38+,39+,40-,41+,42-,43-,44+,45+,46+,47-,49-/m0/s1. The Bertz CT molecular complexity index is 2220. The number of nitrogens with one attached hydrogen (secondary N) is 1. The lowest BCUT2D eigenvalue weighted by atomic mass is 9.87. The summed E-state index contributed by atoms with van der Waals surface area (Å²) in [6.07, 6.45) is -25.4. The zero-order valence-corrected chi connectivity index (χ0v) is 45.7. The van der Waals surface area contributed by atoms with E-state index in [4.69, 9.17) is 80.5 Å². The minimum atomic E-state index is -3.15. The van der Waals surface area contributed by atoms with Gasteiger partial charge in [-0.15, -0.1) is 6.58 Å². The van der Waals surface area contributed by atoms with Crippen LogP contribution in [-0.4, -0.2) is 203 Å². The third-order valence-corrected chi connectivity index (χ3v) is 11.2. The molecule has 3 rings (SSSR count). The van der Waals surface area contributed by atoms with Crippen molar-refractivity contribution in [3.05, 3.63) is 12.7 Å². The topological polar surface area (TPSA) is 374 Å². The fourth-order valence-corrected chi connectivity index (χ4v) is 8.58. The molecule has 0 unspecified atom stereocenters. The monoisotopic (exact) mass is 1140 g/mol. The molecule has 444 valence electrons. The number of rotatable bonds is 26. The molecule has 3 aliphatic heterocycles. The summed E-state index contributed by atoms with van der Waals surface area (Å²) in [6.45, 7) is 11.8. The van der Waals surface area contributed by atoms with Crippen molar-refractivity contribution in [2.45, 2.75) is 193 Å². The fourth-order valence-electron chi connectivity index (χ4n) is 8.58. The number of hydrogen-bond donors (Lipinski definition) is 1. The molecule has 0 aliphatic carbocycles. The molecule has 0 saturated carbocycles. The van der Waals surface area contributed by atoms with E-state index in [1.165, 1.54) is 0 Å². The predicted molar refractivity (Wildman–Crippen MR) is 253 cm³/mol. The summed E-state index contributed by atoms with van der Waals surface area (Å²) in [7, 11) is 0.836. The van der Waals surface area contributed by atoms with Gasteiger partial charge >= 0.3 is 65.7 Å². The second kappa shape index (κ2) is 31.1. The number of hydrogen-bond acceptors (Lipinski definition) is 29. The molecule has 3 saturated heterocycles. The fraction of sp³-hybridized carbons (Fsp3) is 0.714. The van der Waals surface area contributed by atoms with Gasteiger partial charge in [-0.2, -0.15) is 0 Å². The highest BCUT2D eigenvalue weighted by Gasteiger charge is 2.64. The van der Waals surface area contributed by atoms with Crippen molar-refractivity contribution in [2.24, 2.45) is 0 Å². The van der Waals surface area contributed by atoms with Crippen LogP contribution >= 0.6 is 0 Å². The first-order valence-corrected chi connectivity index (χ1v) is 24.5. The molecule has 3 aliphatic rings. The van der Waals surface area contributed by atoms with Crippen molar-refractivity contribution >= 4 is 71.6 Å². The van der Waals surface area contributed by atoms with Crippen molar-refractivity contribution in [3.8, 4) is 0 Å². The first-order valence-electron chi connectivity index (χ1n) is 24.5. The van der Waals surface area contributed by atoms with Gasteiger partial charge < -0.3 is 85.8 Å². The van der Waals surface area contributed by atoms with Crippen LogP contribution in [0.25, 0.3) is 0 Å². The SMILES string of the molecule is C=CCCCO[C@@H]1O[C@H](COC(C)=O)[C@@H](O[C@@H]2O[C@H](COC(C)=O)[C@H](OC(C)=O)[C@H](O[C@]3(C(=O)OC)C[C@H](OC(C)=O)[C@@H](NC(C)=O)[C@H]([C@H](OC(C)=O)[C@@H](COC(C)=O)OC(C)=O)O3)[C@H]2OC(C)=O)[C@H](OC(C)=O)[C@H]1OC(C)=O.